The second-order valence-corrected chi connectivity index (χ2v) is 12.0. The predicted molar refractivity (Wildman–Crippen MR) is 117 cm³/mol. The van der Waals surface area contributed by atoms with Gasteiger partial charge in [0.2, 0.25) is 0 Å². The van der Waals surface area contributed by atoms with Gasteiger partial charge in [0.05, 0.1) is 0 Å². The second kappa shape index (κ2) is 9.29. The third kappa shape index (κ3) is 4.85. The van der Waals surface area contributed by atoms with E-state index in [-0.39, 0.29) is 11.7 Å². The van der Waals surface area contributed by atoms with Gasteiger partial charge in [0.25, 0.3) is 8.32 Å². The number of allylic oxidation sites excluding steroid dienone is 2. The maximum Gasteiger partial charge on any atom is 0.258 e. The summed E-state index contributed by atoms with van der Waals surface area (Å²) in [7, 11) is -3.05. The van der Waals surface area contributed by atoms with E-state index in [1.165, 1.54) is 0 Å². The zero-order chi connectivity index (χ0) is 19.9. The lowest BCUT2D eigenvalue weighted by Crippen LogP contribution is -2.65. The molecule has 0 saturated carbocycles. The van der Waals surface area contributed by atoms with Crippen molar-refractivity contribution < 1.29 is 9.59 Å². The van der Waals surface area contributed by atoms with Crippen LogP contribution in [0.25, 0.3) is 0 Å². The van der Waals surface area contributed by atoms with E-state index in [0.717, 1.165) is 23.2 Å². The maximum absolute atomic E-state index is 12.5. The summed E-state index contributed by atoms with van der Waals surface area (Å²) in [6.07, 6.45) is 6.29. The molecule has 3 heteroatoms. The molecule has 0 aromatic heterocycles. The summed E-state index contributed by atoms with van der Waals surface area (Å²) in [5, 5.41) is 1.58. The van der Waals surface area contributed by atoms with Gasteiger partial charge in [-0.2, -0.15) is 0 Å². The molecular weight excluding hydrogens is 348 g/mol. The minimum absolute atomic E-state index is 0.125. The van der Waals surface area contributed by atoms with Gasteiger partial charge in [0.15, 0.2) is 5.78 Å². The van der Waals surface area contributed by atoms with E-state index >= 15 is 0 Å². The monoisotopic (exact) mass is 380 g/mol. The van der Waals surface area contributed by atoms with Crippen LogP contribution in [0.15, 0.2) is 72.8 Å². The third-order valence-electron chi connectivity index (χ3n) is 5.40. The van der Waals surface area contributed by atoms with Crippen molar-refractivity contribution in [3.05, 3.63) is 72.8 Å². The highest BCUT2D eigenvalue weighted by atomic mass is 28.4. The van der Waals surface area contributed by atoms with Crippen LogP contribution >= 0.6 is 0 Å². The summed E-state index contributed by atoms with van der Waals surface area (Å²) in [6, 6.07) is 20.0. The van der Waals surface area contributed by atoms with Crippen molar-refractivity contribution in [1.82, 2.24) is 0 Å². The van der Waals surface area contributed by atoms with Crippen LogP contribution in [0.3, 0.4) is 0 Å². The molecule has 0 unspecified atom stereocenters. The highest BCUT2D eigenvalue weighted by molar-refractivity contribution is 6.98. The van der Waals surface area contributed by atoms with Crippen molar-refractivity contribution in [3.8, 4) is 0 Å². The van der Waals surface area contributed by atoms with Gasteiger partial charge in [-0.1, -0.05) is 101 Å². The first kappa shape index (κ1) is 21.3. The average Bonchev–Trinajstić information content (AvgIpc) is 2.68. The Morgan fingerprint density at radius 3 is 1.96 bits per heavy atom. The second-order valence-electron chi connectivity index (χ2n) is 8.02. The standard InChI is InChI=1S/C24H32O2Si/c1-5-6-9-18-23(25)20(2)19-24(3,4)27(26,21-14-10-7-11-15-21)22-16-12-8-13-17-22/h7-18,20,26H,5-6,19H2,1-4H3/b18-9+/t20-/m0/s1. The van der Waals surface area contributed by atoms with E-state index < -0.39 is 13.4 Å². The number of unbranched alkanes of at least 4 members (excludes halogenated alkanes) is 1. The molecule has 2 rings (SSSR count). The normalized spacial score (nSPS) is 13.7. The quantitative estimate of drug-likeness (QED) is 0.515. The summed E-state index contributed by atoms with van der Waals surface area (Å²) in [5.74, 6) is 0.0218. The van der Waals surface area contributed by atoms with Crippen LogP contribution in [-0.2, 0) is 4.79 Å². The molecule has 0 spiro atoms. The zero-order valence-electron chi connectivity index (χ0n) is 17.0. The van der Waals surface area contributed by atoms with E-state index in [0.29, 0.717) is 6.42 Å². The number of benzene rings is 2. The summed E-state index contributed by atoms with van der Waals surface area (Å²) in [4.78, 5) is 24.7. The van der Waals surface area contributed by atoms with Crippen molar-refractivity contribution in [2.75, 3.05) is 0 Å². The first-order chi connectivity index (χ1) is 12.8. The fourth-order valence-corrected chi connectivity index (χ4v) is 7.70. The molecule has 27 heavy (non-hydrogen) atoms. The lowest BCUT2D eigenvalue weighted by molar-refractivity contribution is -0.118. The molecule has 2 nitrogen and oxygen atoms in total. The molecule has 0 bridgehead atoms. The molecule has 0 aliphatic rings. The maximum atomic E-state index is 12.5. The van der Waals surface area contributed by atoms with Crippen LogP contribution in [0, 0.1) is 5.92 Å². The van der Waals surface area contributed by atoms with Gasteiger partial charge in [-0.25, -0.2) is 0 Å². The minimum atomic E-state index is -3.05. The summed E-state index contributed by atoms with van der Waals surface area (Å²) in [5.41, 5.74) is 0. The Balaban J connectivity index is 2.38. The zero-order valence-corrected chi connectivity index (χ0v) is 18.0. The lowest BCUT2D eigenvalue weighted by Gasteiger charge is -2.42. The van der Waals surface area contributed by atoms with Gasteiger partial charge in [-0.15, -0.1) is 0 Å². The van der Waals surface area contributed by atoms with Gasteiger partial charge in [0.1, 0.15) is 0 Å². The average molecular weight is 381 g/mol. The van der Waals surface area contributed by atoms with Crippen molar-refractivity contribution in [1.29, 1.82) is 0 Å². The SMILES string of the molecule is CCC/C=C/C(=O)[C@@H](C)CC(C)(C)[Si](O)(c1ccccc1)c1ccccc1. The van der Waals surface area contributed by atoms with Gasteiger partial charge in [-0.3, -0.25) is 4.79 Å². The Kier molecular flexibility index (Phi) is 7.34. The Labute approximate surface area is 165 Å². The smallest absolute Gasteiger partial charge is 0.258 e. The largest absolute Gasteiger partial charge is 0.424 e. The summed E-state index contributed by atoms with van der Waals surface area (Å²) < 4.78 is 0. The fourth-order valence-electron chi connectivity index (χ4n) is 3.85. The van der Waals surface area contributed by atoms with Crippen LogP contribution in [-0.4, -0.2) is 18.9 Å². The minimum Gasteiger partial charge on any atom is -0.424 e. The first-order valence-electron chi connectivity index (χ1n) is 9.86. The predicted octanol–water partition coefficient (Wildman–Crippen LogP) is 4.47. The summed E-state index contributed by atoms with van der Waals surface area (Å²) in [6.45, 7) is 8.30. The molecular formula is C24H32O2Si. The molecule has 2 aromatic carbocycles. The van der Waals surface area contributed by atoms with Crippen molar-refractivity contribution in [3.63, 3.8) is 0 Å². The molecule has 0 radical (unpaired) electrons. The Morgan fingerprint density at radius 2 is 1.52 bits per heavy atom. The molecule has 1 atom stereocenters. The van der Waals surface area contributed by atoms with Gasteiger partial charge in [-0.05, 0) is 34.3 Å². The lowest BCUT2D eigenvalue weighted by atomic mass is 9.94. The number of hydrogen-bond acceptors (Lipinski definition) is 2. The number of rotatable bonds is 9. The number of hydrogen-bond donors (Lipinski definition) is 1. The number of carbonyl (C=O) groups is 1. The number of ketones is 1. The first-order valence-corrected chi connectivity index (χ1v) is 11.8. The van der Waals surface area contributed by atoms with E-state index in [1.807, 2.05) is 73.7 Å². The Hall–Kier alpha value is -1.97. The Morgan fingerprint density at radius 1 is 1.04 bits per heavy atom. The third-order valence-corrected chi connectivity index (χ3v) is 9.90. The Bertz CT molecular complexity index is 711. The molecule has 0 heterocycles. The van der Waals surface area contributed by atoms with Crippen molar-refractivity contribution >= 4 is 24.5 Å². The van der Waals surface area contributed by atoms with Crippen molar-refractivity contribution in [2.24, 2.45) is 5.92 Å². The van der Waals surface area contributed by atoms with E-state index in [2.05, 4.69) is 20.8 Å². The highest BCUT2D eigenvalue weighted by Crippen LogP contribution is 2.41. The molecule has 0 aliphatic heterocycles. The van der Waals surface area contributed by atoms with Gasteiger partial charge in [0, 0.05) is 5.92 Å². The van der Waals surface area contributed by atoms with Crippen LogP contribution in [0.5, 0.6) is 0 Å². The molecule has 0 saturated heterocycles. The highest BCUT2D eigenvalue weighted by Gasteiger charge is 2.50. The fraction of sp³-hybridized carbons (Fsp3) is 0.375. The van der Waals surface area contributed by atoms with Crippen LogP contribution in [0.1, 0.15) is 47.0 Å². The van der Waals surface area contributed by atoms with E-state index in [9.17, 15) is 9.59 Å². The van der Waals surface area contributed by atoms with E-state index in [1.54, 1.807) is 6.08 Å². The molecule has 0 aliphatic carbocycles. The number of carbonyl (C=O) groups excluding carboxylic acids is 1. The summed E-state index contributed by atoms with van der Waals surface area (Å²) >= 11 is 0. The van der Waals surface area contributed by atoms with Gasteiger partial charge >= 0.3 is 0 Å². The molecule has 144 valence electrons. The van der Waals surface area contributed by atoms with E-state index in [4.69, 9.17) is 0 Å². The van der Waals surface area contributed by atoms with Gasteiger partial charge < -0.3 is 4.80 Å². The molecule has 1 N–H and O–H groups in total. The van der Waals surface area contributed by atoms with Crippen molar-refractivity contribution in [2.45, 2.75) is 52.0 Å². The van der Waals surface area contributed by atoms with Crippen LogP contribution in [0.4, 0.5) is 0 Å². The molecule has 0 fully saturated rings. The topological polar surface area (TPSA) is 37.3 Å². The molecule has 2 aromatic rings. The molecule has 0 amide bonds. The van der Waals surface area contributed by atoms with Crippen LogP contribution < -0.4 is 10.4 Å². The van der Waals surface area contributed by atoms with Crippen LogP contribution in [0.2, 0.25) is 5.04 Å².